The van der Waals surface area contributed by atoms with Crippen LogP contribution in [0.4, 0.5) is 0 Å². The number of hydrogen-bond acceptors (Lipinski definition) is 8. The Bertz CT molecular complexity index is 1290. The van der Waals surface area contributed by atoms with E-state index < -0.39 is 91.4 Å². The molecule has 0 saturated carbocycles. The average Bonchev–Trinajstić information content (AvgIpc) is 3.27. The van der Waals surface area contributed by atoms with E-state index in [1.807, 2.05) is 0 Å². The van der Waals surface area contributed by atoms with Gasteiger partial charge in [-0.15, -0.1) is 0 Å². The number of H-pyrrole nitrogens is 1. The van der Waals surface area contributed by atoms with Crippen LogP contribution < -0.4 is 27.4 Å². The van der Waals surface area contributed by atoms with E-state index in [1.165, 1.54) is 0 Å². The second-order valence-corrected chi connectivity index (χ2v) is 8.89. The number of para-hydroxylation sites is 1. The van der Waals surface area contributed by atoms with Gasteiger partial charge < -0.3 is 47.7 Å². The fourth-order valence-electron chi connectivity index (χ4n) is 3.77. The summed E-state index contributed by atoms with van der Waals surface area (Å²) in [6, 6.07) is 0.706. The molecule has 0 radical (unpaired) electrons. The summed E-state index contributed by atoms with van der Waals surface area (Å²) in [4.78, 5) is 86.5. The Morgan fingerprint density at radius 1 is 0.800 bits per heavy atom. The van der Waals surface area contributed by atoms with Gasteiger partial charge >= 0.3 is 17.9 Å². The van der Waals surface area contributed by atoms with Crippen LogP contribution in [-0.4, -0.2) is 86.0 Å². The minimum atomic E-state index is -1.77. The van der Waals surface area contributed by atoms with Crippen molar-refractivity contribution in [2.75, 3.05) is 0 Å². The molecular formula is C24H30N6O10. The molecule has 0 saturated heterocycles. The van der Waals surface area contributed by atoms with E-state index in [2.05, 4.69) is 20.9 Å². The predicted molar refractivity (Wildman–Crippen MR) is 136 cm³/mol. The molecule has 0 aliphatic heterocycles. The maximum absolute atomic E-state index is 13.0. The Morgan fingerprint density at radius 3 is 2.00 bits per heavy atom. The van der Waals surface area contributed by atoms with Gasteiger partial charge in [-0.25, -0.2) is 4.79 Å². The van der Waals surface area contributed by atoms with Gasteiger partial charge in [-0.05, 0) is 18.1 Å². The van der Waals surface area contributed by atoms with Gasteiger partial charge in [-0.3, -0.25) is 28.8 Å². The molecule has 216 valence electrons. The molecule has 1 aromatic carbocycles. The lowest BCUT2D eigenvalue weighted by Crippen LogP contribution is -2.58. The Morgan fingerprint density at radius 2 is 1.40 bits per heavy atom. The lowest BCUT2D eigenvalue weighted by Gasteiger charge is -2.24. The second-order valence-electron chi connectivity index (χ2n) is 8.89. The molecule has 16 nitrogen and oxygen atoms in total. The van der Waals surface area contributed by atoms with Crippen molar-refractivity contribution in [3.63, 3.8) is 0 Å². The zero-order valence-electron chi connectivity index (χ0n) is 21.1. The number of aromatic amines is 1. The van der Waals surface area contributed by atoms with Crippen molar-refractivity contribution in [3.8, 4) is 0 Å². The van der Waals surface area contributed by atoms with Gasteiger partial charge in [-0.1, -0.05) is 18.2 Å². The molecule has 4 unspecified atom stereocenters. The molecule has 0 aliphatic carbocycles. The van der Waals surface area contributed by atoms with Crippen LogP contribution in [0.15, 0.2) is 30.5 Å². The largest absolute Gasteiger partial charge is 0.481 e. The number of benzene rings is 1. The molecule has 2 aromatic rings. The number of primary amides is 1. The highest BCUT2D eigenvalue weighted by molar-refractivity contribution is 5.96. The standard InChI is InChI=1S/C24H30N6O10/c25-13(8-18(26)31)21(36)29-16(9-20(34)35)23(38)28-15(5-6-19(32)33)22(37)30-17(24(39)40)7-11-10-27-14-4-2-1-3-12(11)14/h1-4,10,13,15-17,27H,5-9,25H2,(H2,26,31)(H,28,38)(H,29,36)(H,30,37)(H,32,33)(H,34,35)(H,39,40). The number of rotatable bonds is 16. The van der Waals surface area contributed by atoms with E-state index >= 15 is 0 Å². The number of carboxylic acids is 3. The van der Waals surface area contributed by atoms with Crippen LogP contribution in [0, 0.1) is 0 Å². The fraction of sp³-hybridized carbons (Fsp3) is 0.375. The SMILES string of the molecule is NC(=O)CC(N)C(=O)NC(CC(=O)O)C(=O)NC(CCC(=O)O)C(=O)NC(Cc1c[nH]c2ccccc12)C(=O)O. The third kappa shape index (κ3) is 9.39. The average molecular weight is 563 g/mol. The third-order valence-electron chi connectivity index (χ3n) is 5.76. The molecule has 1 aromatic heterocycles. The molecule has 4 amide bonds. The van der Waals surface area contributed by atoms with E-state index in [1.54, 1.807) is 30.5 Å². The summed E-state index contributed by atoms with van der Waals surface area (Å²) in [5.74, 6) is -8.47. The minimum absolute atomic E-state index is 0.153. The minimum Gasteiger partial charge on any atom is -0.481 e. The van der Waals surface area contributed by atoms with Crippen molar-refractivity contribution in [1.82, 2.24) is 20.9 Å². The first-order chi connectivity index (χ1) is 18.8. The lowest BCUT2D eigenvalue weighted by atomic mass is 10.0. The van der Waals surface area contributed by atoms with Gasteiger partial charge in [0, 0.05) is 29.9 Å². The maximum Gasteiger partial charge on any atom is 0.326 e. The first kappa shape index (κ1) is 31.2. The first-order valence-electron chi connectivity index (χ1n) is 11.9. The summed E-state index contributed by atoms with van der Waals surface area (Å²) in [7, 11) is 0. The summed E-state index contributed by atoms with van der Waals surface area (Å²) in [5.41, 5.74) is 11.8. The number of nitrogens with two attached hydrogens (primary N) is 2. The van der Waals surface area contributed by atoms with Gasteiger partial charge in [0.1, 0.15) is 18.1 Å². The van der Waals surface area contributed by atoms with Gasteiger partial charge in [0.15, 0.2) is 0 Å². The van der Waals surface area contributed by atoms with Gasteiger partial charge in [0.05, 0.1) is 18.9 Å². The Kier molecular flexibility index (Phi) is 11.1. The molecule has 0 bridgehead atoms. The molecule has 40 heavy (non-hydrogen) atoms. The molecular weight excluding hydrogens is 532 g/mol. The van der Waals surface area contributed by atoms with E-state index in [9.17, 15) is 38.7 Å². The monoisotopic (exact) mass is 562 g/mol. The van der Waals surface area contributed by atoms with Crippen LogP contribution in [0.25, 0.3) is 10.9 Å². The zero-order valence-corrected chi connectivity index (χ0v) is 21.1. The van der Waals surface area contributed by atoms with Crippen LogP contribution in [0.1, 0.15) is 31.2 Å². The molecule has 0 spiro atoms. The van der Waals surface area contributed by atoms with Crippen molar-refractivity contribution in [3.05, 3.63) is 36.0 Å². The summed E-state index contributed by atoms with van der Waals surface area (Å²) in [6.07, 6.45) is -1.21. The highest BCUT2D eigenvalue weighted by Crippen LogP contribution is 2.19. The van der Waals surface area contributed by atoms with Crippen molar-refractivity contribution < 1.29 is 48.9 Å². The van der Waals surface area contributed by atoms with Crippen LogP contribution in [0.5, 0.6) is 0 Å². The molecule has 4 atom stereocenters. The van der Waals surface area contributed by atoms with Gasteiger partial charge in [-0.2, -0.15) is 0 Å². The number of nitrogens with one attached hydrogen (secondary N) is 4. The summed E-state index contributed by atoms with van der Waals surface area (Å²) < 4.78 is 0. The van der Waals surface area contributed by atoms with Gasteiger partial charge in [0.25, 0.3) is 0 Å². The Labute approximate surface area is 226 Å². The summed E-state index contributed by atoms with van der Waals surface area (Å²) in [6.45, 7) is 0. The summed E-state index contributed by atoms with van der Waals surface area (Å²) >= 11 is 0. The number of fused-ring (bicyclic) bond motifs is 1. The van der Waals surface area contributed by atoms with E-state index in [4.69, 9.17) is 21.7 Å². The number of aromatic nitrogens is 1. The highest BCUT2D eigenvalue weighted by Gasteiger charge is 2.32. The van der Waals surface area contributed by atoms with Crippen molar-refractivity contribution in [2.45, 2.75) is 56.3 Å². The van der Waals surface area contributed by atoms with Crippen LogP contribution in [0.2, 0.25) is 0 Å². The number of hydrogen-bond donors (Lipinski definition) is 9. The van der Waals surface area contributed by atoms with Gasteiger partial charge in [0.2, 0.25) is 23.6 Å². The molecule has 0 aliphatic rings. The molecule has 1 heterocycles. The van der Waals surface area contributed by atoms with E-state index in [0.29, 0.717) is 5.56 Å². The van der Waals surface area contributed by atoms with Crippen molar-refractivity contribution in [1.29, 1.82) is 0 Å². The normalized spacial score (nSPS) is 13.8. The second kappa shape index (κ2) is 14.2. The summed E-state index contributed by atoms with van der Waals surface area (Å²) in [5, 5.41) is 35.2. The Balaban J connectivity index is 2.21. The van der Waals surface area contributed by atoms with Crippen LogP contribution >= 0.6 is 0 Å². The lowest BCUT2D eigenvalue weighted by molar-refractivity contribution is -0.143. The number of carbonyl (C=O) groups excluding carboxylic acids is 4. The number of aliphatic carboxylic acids is 3. The van der Waals surface area contributed by atoms with Crippen LogP contribution in [0.3, 0.4) is 0 Å². The van der Waals surface area contributed by atoms with Crippen molar-refractivity contribution >= 4 is 52.4 Å². The first-order valence-corrected chi connectivity index (χ1v) is 11.9. The van der Waals surface area contributed by atoms with E-state index in [-0.39, 0.29) is 6.42 Å². The fourth-order valence-corrected chi connectivity index (χ4v) is 3.77. The third-order valence-corrected chi connectivity index (χ3v) is 5.76. The predicted octanol–water partition coefficient (Wildman–Crippen LogP) is -2.21. The van der Waals surface area contributed by atoms with Crippen molar-refractivity contribution in [2.24, 2.45) is 11.5 Å². The topological polar surface area (TPSA) is 284 Å². The Hall–Kier alpha value is -4.99. The number of carbonyl (C=O) groups is 7. The highest BCUT2D eigenvalue weighted by atomic mass is 16.4. The number of amides is 4. The van der Waals surface area contributed by atoms with E-state index in [0.717, 1.165) is 10.9 Å². The van der Waals surface area contributed by atoms with Crippen LogP contribution in [-0.2, 0) is 40.0 Å². The number of carboxylic acid groups (broad SMARTS) is 3. The quantitative estimate of drug-likeness (QED) is 0.106. The molecule has 11 N–H and O–H groups in total. The molecule has 2 rings (SSSR count). The molecule has 0 fully saturated rings. The maximum atomic E-state index is 13.0. The molecule has 16 heteroatoms. The zero-order chi connectivity index (χ0) is 30.0. The smallest absolute Gasteiger partial charge is 0.326 e.